The largest absolute Gasteiger partial charge is 0.341 e. The van der Waals surface area contributed by atoms with Crippen LogP contribution in [0.15, 0.2) is 72.8 Å². The molecule has 0 bridgehead atoms. The van der Waals surface area contributed by atoms with Crippen molar-refractivity contribution >= 4 is 23.4 Å². The van der Waals surface area contributed by atoms with Crippen molar-refractivity contribution in [3.8, 4) is 22.5 Å². The Morgan fingerprint density at radius 3 is 2.28 bits per heavy atom. The lowest BCUT2D eigenvalue weighted by molar-refractivity contribution is -0.135. The van der Waals surface area contributed by atoms with Crippen LogP contribution < -0.4 is 5.32 Å². The van der Waals surface area contributed by atoms with Crippen molar-refractivity contribution in [2.75, 3.05) is 13.1 Å². The van der Waals surface area contributed by atoms with Gasteiger partial charge in [-0.1, -0.05) is 74.0 Å². The van der Waals surface area contributed by atoms with E-state index in [1.807, 2.05) is 73.3 Å². The molecule has 0 unspecified atom stereocenters. The Morgan fingerprint density at radius 2 is 1.64 bits per heavy atom. The monoisotopic (exact) mass is 542 g/mol. The molecule has 0 saturated carbocycles. The van der Waals surface area contributed by atoms with Gasteiger partial charge in [-0.25, -0.2) is 0 Å². The van der Waals surface area contributed by atoms with Gasteiger partial charge < -0.3 is 10.2 Å². The van der Waals surface area contributed by atoms with Crippen LogP contribution >= 0.6 is 11.6 Å². The zero-order valence-electron chi connectivity index (χ0n) is 22.0. The van der Waals surface area contributed by atoms with Gasteiger partial charge in [0.1, 0.15) is 6.04 Å². The predicted molar refractivity (Wildman–Crippen MR) is 151 cm³/mol. The van der Waals surface area contributed by atoms with Crippen molar-refractivity contribution in [3.63, 3.8) is 0 Å². The van der Waals surface area contributed by atoms with E-state index in [2.05, 4.69) is 38.1 Å². The second-order valence-corrected chi connectivity index (χ2v) is 10.7. The van der Waals surface area contributed by atoms with E-state index in [1.54, 1.807) is 6.07 Å². The number of likely N-dealkylation sites (tertiary alicyclic amines) is 1. The Hall–Kier alpha value is -4.04. The first-order valence-electron chi connectivity index (χ1n) is 13.2. The number of carbonyl (C=O) groups excluding carboxylic acids is 2. The summed E-state index contributed by atoms with van der Waals surface area (Å²) in [4.78, 5) is 28.7. The molecule has 4 aromatic rings. The highest BCUT2D eigenvalue weighted by molar-refractivity contribution is 6.30. The normalized spacial score (nSPS) is 14.8. The average molecular weight is 543 g/mol. The third-order valence-electron chi connectivity index (χ3n) is 7.31. The maximum Gasteiger partial charge on any atom is 0.251 e. The second-order valence-electron chi connectivity index (χ2n) is 10.2. The van der Waals surface area contributed by atoms with E-state index in [-0.39, 0.29) is 17.7 Å². The number of H-pyrrole nitrogens is 1. The van der Waals surface area contributed by atoms with Gasteiger partial charge in [0.2, 0.25) is 11.7 Å². The summed E-state index contributed by atoms with van der Waals surface area (Å²) in [5, 5.41) is 17.8. The molecule has 1 aliphatic rings. The lowest BCUT2D eigenvalue weighted by Gasteiger charge is -2.35. The predicted octanol–water partition coefficient (Wildman–Crippen LogP) is 5.35. The molecule has 0 radical (unpaired) electrons. The van der Waals surface area contributed by atoms with Crippen molar-refractivity contribution in [2.24, 2.45) is 5.92 Å². The minimum Gasteiger partial charge on any atom is -0.341 e. The smallest absolute Gasteiger partial charge is 0.251 e. The van der Waals surface area contributed by atoms with Gasteiger partial charge in [-0.2, -0.15) is 5.21 Å². The Kier molecular flexibility index (Phi) is 8.02. The standard InChI is InChI=1S/C30H31ClN6O2/c1-19(2)27(30(39)37-16-14-22(15-17-37)20-10-12-26(31)13-11-20)32-29(38)25-5-3-4-24(18-25)21-6-8-23(9-7-21)28-33-35-36-34-28/h3-13,18-19,22,27H,14-17H2,1-2H3,(H,32,38)(H,33,34,35,36)/t27-/m1/s1. The zero-order chi connectivity index (χ0) is 27.4. The fraction of sp³-hybridized carbons (Fsp3) is 0.300. The molecule has 1 saturated heterocycles. The van der Waals surface area contributed by atoms with E-state index in [9.17, 15) is 9.59 Å². The summed E-state index contributed by atoms with van der Waals surface area (Å²) in [5.74, 6) is 0.594. The molecule has 2 heterocycles. The SMILES string of the molecule is CC(C)[C@@H](NC(=O)c1cccc(-c2ccc(-c3nn[nH]n3)cc2)c1)C(=O)N1CCC(c2ccc(Cl)cc2)CC1. The number of nitrogens with zero attached hydrogens (tertiary/aromatic N) is 4. The number of amides is 2. The van der Waals surface area contributed by atoms with Gasteiger partial charge in [-0.3, -0.25) is 9.59 Å². The highest BCUT2D eigenvalue weighted by atomic mass is 35.5. The molecular weight excluding hydrogens is 512 g/mol. The van der Waals surface area contributed by atoms with Gasteiger partial charge in [0.25, 0.3) is 5.91 Å². The summed E-state index contributed by atoms with van der Waals surface area (Å²) < 4.78 is 0. The van der Waals surface area contributed by atoms with Crippen LogP contribution in [0.1, 0.15) is 48.5 Å². The van der Waals surface area contributed by atoms with Crippen molar-refractivity contribution in [1.29, 1.82) is 0 Å². The molecule has 1 atom stereocenters. The number of carbonyl (C=O) groups is 2. The van der Waals surface area contributed by atoms with E-state index < -0.39 is 6.04 Å². The molecule has 9 heteroatoms. The lowest BCUT2D eigenvalue weighted by Crippen LogP contribution is -2.52. The maximum absolute atomic E-state index is 13.5. The van der Waals surface area contributed by atoms with Crippen molar-refractivity contribution < 1.29 is 9.59 Å². The van der Waals surface area contributed by atoms with Crippen LogP contribution in [0.4, 0.5) is 0 Å². The van der Waals surface area contributed by atoms with Crippen LogP contribution in [0.2, 0.25) is 5.02 Å². The fourth-order valence-electron chi connectivity index (χ4n) is 5.04. The molecule has 3 aromatic carbocycles. The van der Waals surface area contributed by atoms with Crippen LogP contribution in [0.5, 0.6) is 0 Å². The first-order chi connectivity index (χ1) is 18.9. The molecule has 200 valence electrons. The number of halogens is 1. The summed E-state index contributed by atoms with van der Waals surface area (Å²) in [6.07, 6.45) is 1.78. The number of benzene rings is 3. The van der Waals surface area contributed by atoms with Gasteiger partial charge in [-0.15, -0.1) is 10.2 Å². The van der Waals surface area contributed by atoms with E-state index in [1.165, 1.54) is 5.56 Å². The Morgan fingerprint density at radius 1 is 0.949 bits per heavy atom. The van der Waals surface area contributed by atoms with Crippen molar-refractivity contribution in [1.82, 2.24) is 30.8 Å². The van der Waals surface area contributed by atoms with E-state index in [0.717, 1.165) is 34.6 Å². The van der Waals surface area contributed by atoms with Crippen LogP contribution in [-0.4, -0.2) is 56.5 Å². The van der Waals surface area contributed by atoms with Crippen LogP contribution in [-0.2, 0) is 4.79 Å². The highest BCUT2D eigenvalue weighted by Crippen LogP contribution is 2.29. The minimum absolute atomic E-state index is 0.0267. The molecule has 1 fully saturated rings. The van der Waals surface area contributed by atoms with Gasteiger partial charge >= 0.3 is 0 Å². The Balaban J connectivity index is 1.23. The molecule has 2 amide bonds. The quantitative estimate of drug-likeness (QED) is 0.328. The number of hydrogen-bond donors (Lipinski definition) is 2. The fourth-order valence-corrected chi connectivity index (χ4v) is 5.16. The Labute approximate surface area is 232 Å². The van der Waals surface area contributed by atoms with Crippen molar-refractivity contribution in [2.45, 2.75) is 38.6 Å². The number of aromatic nitrogens is 4. The number of rotatable bonds is 7. The third kappa shape index (κ3) is 6.17. The second kappa shape index (κ2) is 11.8. The minimum atomic E-state index is -0.595. The Bertz CT molecular complexity index is 1410. The summed E-state index contributed by atoms with van der Waals surface area (Å²) >= 11 is 6.03. The summed E-state index contributed by atoms with van der Waals surface area (Å²) in [6.45, 7) is 5.26. The molecule has 1 aromatic heterocycles. The summed E-state index contributed by atoms with van der Waals surface area (Å²) in [7, 11) is 0. The zero-order valence-corrected chi connectivity index (χ0v) is 22.7. The molecule has 2 N–H and O–H groups in total. The van der Waals surface area contributed by atoms with Crippen LogP contribution in [0.3, 0.4) is 0 Å². The number of nitrogens with one attached hydrogen (secondary N) is 2. The number of hydrogen-bond acceptors (Lipinski definition) is 5. The van der Waals surface area contributed by atoms with Gasteiger partial charge in [0, 0.05) is 29.2 Å². The summed E-state index contributed by atoms with van der Waals surface area (Å²) in [5.41, 5.74) is 4.46. The van der Waals surface area contributed by atoms with Gasteiger partial charge in [-0.05, 0) is 70.8 Å². The third-order valence-corrected chi connectivity index (χ3v) is 7.57. The summed E-state index contributed by atoms with van der Waals surface area (Å²) in [6, 6.07) is 22.5. The van der Waals surface area contributed by atoms with E-state index in [0.29, 0.717) is 30.4 Å². The lowest BCUT2D eigenvalue weighted by atomic mass is 9.89. The average Bonchev–Trinajstić information content (AvgIpc) is 3.51. The first-order valence-corrected chi connectivity index (χ1v) is 13.6. The highest BCUT2D eigenvalue weighted by Gasteiger charge is 2.31. The van der Waals surface area contributed by atoms with E-state index >= 15 is 0 Å². The number of aromatic amines is 1. The molecule has 39 heavy (non-hydrogen) atoms. The molecule has 0 aliphatic carbocycles. The van der Waals surface area contributed by atoms with Crippen molar-refractivity contribution in [3.05, 3.63) is 88.9 Å². The van der Waals surface area contributed by atoms with Gasteiger partial charge in [0.05, 0.1) is 0 Å². The van der Waals surface area contributed by atoms with Gasteiger partial charge in [0.15, 0.2) is 0 Å². The molecule has 5 rings (SSSR count). The molecule has 1 aliphatic heterocycles. The topological polar surface area (TPSA) is 104 Å². The molecular formula is C30H31ClN6O2. The number of tetrazole rings is 1. The number of piperidine rings is 1. The maximum atomic E-state index is 13.5. The van der Waals surface area contributed by atoms with Crippen LogP contribution in [0, 0.1) is 5.92 Å². The molecule has 0 spiro atoms. The van der Waals surface area contributed by atoms with Crippen LogP contribution in [0.25, 0.3) is 22.5 Å². The van der Waals surface area contributed by atoms with E-state index in [4.69, 9.17) is 11.6 Å². The molecule has 8 nitrogen and oxygen atoms in total. The first kappa shape index (κ1) is 26.6.